The van der Waals surface area contributed by atoms with Gasteiger partial charge in [-0.25, -0.2) is 0 Å². The van der Waals surface area contributed by atoms with E-state index in [2.05, 4.69) is 28.1 Å². The number of hydrogen-bond donors (Lipinski definition) is 0. The Morgan fingerprint density at radius 1 is 0.800 bits per heavy atom. The van der Waals surface area contributed by atoms with E-state index in [0.29, 0.717) is 6.42 Å². The molecular weight excluding hydrogens is 250 g/mol. The molecule has 0 heterocycles. The maximum atomic E-state index is 9.49. The van der Waals surface area contributed by atoms with Gasteiger partial charge in [-0.1, -0.05) is 58.8 Å². The van der Waals surface area contributed by atoms with Crippen molar-refractivity contribution in [3.05, 3.63) is 0 Å². The molecule has 0 unspecified atom stereocenters. The summed E-state index contributed by atoms with van der Waals surface area (Å²) in [6.45, 7) is 5.41. The van der Waals surface area contributed by atoms with Crippen LogP contribution in [-0.2, 0) is 4.79 Å². The average Bonchev–Trinajstić information content (AvgIpc) is 2.32. The lowest BCUT2D eigenvalue weighted by molar-refractivity contribution is -0.870. The Hall–Kier alpha value is -0.570. The number of rotatable bonds is 11. The summed E-state index contributed by atoms with van der Waals surface area (Å²) < 4.78 is 1.12. The Kier molecular flexibility index (Phi) is 16.1. The van der Waals surface area contributed by atoms with E-state index >= 15 is 0 Å². The number of carbonyl (C=O) groups is 1. The summed E-state index contributed by atoms with van der Waals surface area (Å²) in [5.41, 5.74) is 0. The molecule has 0 radical (unpaired) electrons. The van der Waals surface area contributed by atoms with E-state index in [1.54, 1.807) is 6.92 Å². The number of carboxylic acid groups (broad SMARTS) is 1. The smallest absolute Gasteiger partial charge is 0.0780 e. The highest BCUT2D eigenvalue weighted by atomic mass is 16.4. The van der Waals surface area contributed by atoms with Crippen molar-refractivity contribution in [2.45, 2.75) is 78.1 Å². The fourth-order valence-electron chi connectivity index (χ4n) is 1.92. The molecule has 3 heteroatoms. The molecule has 0 rings (SSSR count). The molecule has 0 saturated heterocycles. The SMILES string of the molecule is CCCC(=O)[O-].CCCCCCCCCC[N+](C)(C)C. The van der Waals surface area contributed by atoms with Gasteiger partial charge in [-0.3, -0.25) is 0 Å². The Morgan fingerprint density at radius 3 is 1.55 bits per heavy atom. The topological polar surface area (TPSA) is 40.1 Å². The molecule has 0 amide bonds. The van der Waals surface area contributed by atoms with E-state index in [0.717, 1.165) is 4.48 Å². The first-order valence-electron chi connectivity index (χ1n) is 8.33. The van der Waals surface area contributed by atoms with Gasteiger partial charge < -0.3 is 14.4 Å². The summed E-state index contributed by atoms with van der Waals surface area (Å²) in [7, 11) is 6.84. The van der Waals surface area contributed by atoms with Crippen molar-refractivity contribution in [2.24, 2.45) is 0 Å². The van der Waals surface area contributed by atoms with Crippen LogP contribution in [0.4, 0.5) is 0 Å². The van der Waals surface area contributed by atoms with Crippen molar-refractivity contribution in [1.29, 1.82) is 0 Å². The van der Waals surface area contributed by atoms with Crippen LogP contribution < -0.4 is 5.11 Å². The van der Waals surface area contributed by atoms with E-state index < -0.39 is 5.97 Å². The van der Waals surface area contributed by atoms with Crippen LogP contribution in [0.5, 0.6) is 0 Å². The van der Waals surface area contributed by atoms with Gasteiger partial charge in [0.05, 0.1) is 27.7 Å². The van der Waals surface area contributed by atoms with Gasteiger partial charge in [0.1, 0.15) is 0 Å². The summed E-state index contributed by atoms with van der Waals surface area (Å²) in [6, 6.07) is 0. The number of aliphatic carboxylic acids is 1. The second-order valence-corrected chi connectivity index (χ2v) is 6.61. The van der Waals surface area contributed by atoms with Crippen molar-refractivity contribution in [2.75, 3.05) is 27.7 Å². The zero-order valence-corrected chi connectivity index (χ0v) is 14.5. The lowest BCUT2D eigenvalue weighted by Gasteiger charge is -2.23. The van der Waals surface area contributed by atoms with Gasteiger partial charge >= 0.3 is 0 Å². The van der Waals surface area contributed by atoms with Crippen molar-refractivity contribution < 1.29 is 14.4 Å². The predicted octanol–water partition coefficient (Wildman–Crippen LogP) is 3.37. The van der Waals surface area contributed by atoms with Gasteiger partial charge in [0.2, 0.25) is 0 Å². The molecule has 3 nitrogen and oxygen atoms in total. The van der Waals surface area contributed by atoms with E-state index in [1.165, 1.54) is 57.9 Å². The van der Waals surface area contributed by atoms with E-state index in [4.69, 9.17) is 0 Å². The van der Waals surface area contributed by atoms with Gasteiger partial charge in [0.15, 0.2) is 0 Å². The normalized spacial score (nSPS) is 10.8. The molecular formula is C17H37NO2. The Morgan fingerprint density at radius 2 is 1.25 bits per heavy atom. The third-order valence-electron chi connectivity index (χ3n) is 3.14. The van der Waals surface area contributed by atoms with Gasteiger partial charge in [0, 0.05) is 5.97 Å². The van der Waals surface area contributed by atoms with E-state index in [9.17, 15) is 9.90 Å². The van der Waals surface area contributed by atoms with Crippen LogP contribution in [0.3, 0.4) is 0 Å². The lowest BCUT2D eigenvalue weighted by atomic mass is 10.1. The van der Waals surface area contributed by atoms with Gasteiger partial charge in [-0.05, 0) is 19.3 Å². The van der Waals surface area contributed by atoms with Crippen LogP contribution in [0.15, 0.2) is 0 Å². The Labute approximate surface area is 127 Å². The predicted molar refractivity (Wildman–Crippen MR) is 85.4 cm³/mol. The maximum absolute atomic E-state index is 9.49. The minimum Gasteiger partial charge on any atom is -0.550 e. The molecule has 0 N–H and O–H groups in total. The van der Waals surface area contributed by atoms with E-state index in [1.807, 2.05) is 0 Å². The fraction of sp³-hybridized carbons (Fsp3) is 0.941. The van der Waals surface area contributed by atoms with Gasteiger partial charge in [-0.15, -0.1) is 0 Å². The summed E-state index contributed by atoms with van der Waals surface area (Å²) in [5, 5.41) is 9.49. The van der Waals surface area contributed by atoms with Crippen LogP contribution in [0.1, 0.15) is 78.1 Å². The minimum atomic E-state index is -0.961. The Bertz CT molecular complexity index is 210. The molecule has 0 aliphatic heterocycles. The van der Waals surface area contributed by atoms with Crippen LogP contribution in [0, 0.1) is 0 Å². The van der Waals surface area contributed by atoms with Crippen LogP contribution >= 0.6 is 0 Å². The highest BCUT2D eigenvalue weighted by Crippen LogP contribution is 2.09. The summed E-state index contributed by atoms with van der Waals surface area (Å²) in [4.78, 5) is 9.49. The second-order valence-electron chi connectivity index (χ2n) is 6.61. The van der Waals surface area contributed by atoms with Crippen molar-refractivity contribution in [3.8, 4) is 0 Å². The highest BCUT2D eigenvalue weighted by molar-refractivity contribution is 5.63. The third kappa shape index (κ3) is 26.1. The summed E-state index contributed by atoms with van der Waals surface area (Å²) in [6.07, 6.45) is 12.3. The monoisotopic (exact) mass is 287 g/mol. The zero-order chi connectivity index (χ0) is 15.9. The molecule has 0 aromatic carbocycles. The number of carboxylic acids is 1. The standard InChI is InChI=1S/C13H30N.C4H8O2/c1-5-6-7-8-9-10-11-12-13-14(2,3)4;1-2-3-4(5)6/h5-13H2,1-4H3;2-3H2,1H3,(H,5,6)/q+1;/p-1. The van der Waals surface area contributed by atoms with Crippen LogP contribution in [0.2, 0.25) is 0 Å². The number of unbranched alkanes of at least 4 members (excludes halogenated alkanes) is 7. The molecule has 0 bridgehead atoms. The molecule has 0 atom stereocenters. The number of quaternary nitrogens is 1. The lowest BCUT2D eigenvalue weighted by Crippen LogP contribution is -2.35. The average molecular weight is 287 g/mol. The number of hydrogen-bond acceptors (Lipinski definition) is 2. The molecule has 0 aliphatic rings. The largest absolute Gasteiger partial charge is 0.550 e. The maximum Gasteiger partial charge on any atom is 0.0780 e. The first-order chi connectivity index (χ1) is 9.33. The zero-order valence-electron chi connectivity index (χ0n) is 14.5. The molecule has 0 fully saturated rings. The molecule has 20 heavy (non-hydrogen) atoms. The molecule has 0 aliphatic carbocycles. The molecule has 0 aromatic rings. The van der Waals surface area contributed by atoms with Crippen molar-refractivity contribution in [1.82, 2.24) is 0 Å². The highest BCUT2D eigenvalue weighted by Gasteiger charge is 2.04. The first kappa shape index (κ1) is 21.7. The van der Waals surface area contributed by atoms with Crippen LogP contribution in [-0.4, -0.2) is 38.1 Å². The van der Waals surface area contributed by atoms with Crippen molar-refractivity contribution in [3.63, 3.8) is 0 Å². The summed E-state index contributed by atoms with van der Waals surface area (Å²) in [5.74, 6) is -0.961. The van der Waals surface area contributed by atoms with E-state index in [-0.39, 0.29) is 6.42 Å². The second kappa shape index (κ2) is 14.8. The van der Waals surface area contributed by atoms with Crippen LogP contribution in [0.25, 0.3) is 0 Å². The quantitative estimate of drug-likeness (QED) is 0.432. The number of nitrogens with zero attached hydrogens (tertiary/aromatic N) is 1. The number of carbonyl (C=O) groups excluding carboxylic acids is 1. The van der Waals surface area contributed by atoms with Gasteiger partial charge in [-0.2, -0.15) is 0 Å². The fourth-order valence-corrected chi connectivity index (χ4v) is 1.92. The van der Waals surface area contributed by atoms with Gasteiger partial charge in [0.25, 0.3) is 0 Å². The molecule has 0 aromatic heterocycles. The molecule has 122 valence electrons. The molecule has 0 saturated carbocycles. The molecule has 0 spiro atoms. The first-order valence-corrected chi connectivity index (χ1v) is 8.33. The minimum absolute atomic E-state index is 0.181. The Balaban J connectivity index is 0. The van der Waals surface area contributed by atoms with Crippen molar-refractivity contribution >= 4 is 5.97 Å². The summed E-state index contributed by atoms with van der Waals surface area (Å²) >= 11 is 0. The third-order valence-corrected chi connectivity index (χ3v) is 3.14.